The number of esters is 1. The number of aliphatic hydroxyl groups is 1. The number of carbonyl (C=O) groups excluding carboxylic acids is 2. The fourth-order valence-corrected chi connectivity index (χ4v) is 4.26. The molecule has 192 valence electrons. The molecule has 4 rings (SSSR count). The van der Waals surface area contributed by atoms with Crippen molar-refractivity contribution in [2.45, 2.75) is 64.3 Å². The predicted octanol–water partition coefficient (Wildman–Crippen LogP) is 3.75. The highest BCUT2D eigenvalue weighted by atomic mass is 16.5. The first-order valence-electron chi connectivity index (χ1n) is 12.2. The SMILES string of the molecule is COC(=O)c1c(NC(=O)[C@H]2CCCO2)c2cc(N[C@@H](C)C(C)(C)O)cnc2n1CCc1ccccc1. The van der Waals surface area contributed by atoms with Gasteiger partial charge in [0.15, 0.2) is 5.69 Å². The minimum atomic E-state index is -0.968. The number of hydrogen-bond acceptors (Lipinski definition) is 7. The number of nitrogens with zero attached hydrogens (tertiary/aromatic N) is 2. The van der Waals surface area contributed by atoms with Crippen molar-refractivity contribution in [1.82, 2.24) is 9.55 Å². The van der Waals surface area contributed by atoms with Crippen molar-refractivity contribution >= 4 is 34.3 Å². The topological polar surface area (TPSA) is 115 Å². The van der Waals surface area contributed by atoms with Crippen molar-refractivity contribution in [1.29, 1.82) is 0 Å². The van der Waals surface area contributed by atoms with Crippen molar-refractivity contribution in [2.75, 3.05) is 24.4 Å². The van der Waals surface area contributed by atoms with Gasteiger partial charge < -0.3 is 29.8 Å². The van der Waals surface area contributed by atoms with Gasteiger partial charge >= 0.3 is 5.97 Å². The Labute approximate surface area is 210 Å². The summed E-state index contributed by atoms with van der Waals surface area (Å²) in [6.45, 7) is 6.31. The second kappa shape index (κ2) is 10.7. The first-order valence-corrected chi connectivity index (χ1v) is 12.2. The lowest BCUT2D eigenvalue weighted by molar-refractivity contribution is -0.124. The summed E-state index contributed by atoms with van der Waals surface area (Å²) in [5.41, 5.74) is 1.92. The Morgan fingerprint density at radius 3 is 2.69 bits per heavy atom. The van der Waals surface area contributed by atoms with Crippen LogP contribution in [-0.2, 0) is 27.2 Å². The number of fused-ring (bicyclic) bond motifs is 1. The zero-order chi connectivity index (χ0) is 25.9. The highest BCUT2D eigenvalue weighted by molar-refractivity contribution is 6.12. The molecule has 0 spiro atoms. The summed E-state index contributed by atoms with van der Waals surface area (Å²) in [6.07, 6.45) is 3.19. The first-order chi connectivity index (χ1) is 17.2. The van der Waals surface area contributed by atoms with E-state index in [0.717, 1.165) is 12.0 Å². The van der Waals surface area contributed by atoms with Crippen LogP contribution in [0.1, 0.15) is 49.7 Å². The van der Waals surface area contributed by atoms with Crippen LogP contribution in [0.5, 0.6) is 0 Å². The maximum atomic E-state index is 13.0. The highest BCUT2D eigenvalue weighted by Gasteiger charge is 2.30. The molecule has 1 saturated heterocycles. The van der Waals surface area contributed by atoms with Gasteiger partial charge in [0, 0.05) is 18.5 Å². The van der Waals surface area contributed by atoms with Gasteiger partial charge in [-0.15, -0.1) is 0 Å². The van der Waals surface area contributed by atoms with E-state index in [4.69, 9.17) is 9.47 Å². The van der Waals surface area contributed by atoms with Crippen LogP contribution < -0.4 is 10.6 Å². The average Bonchev–Trinajstić information content (AvgIpc) is 3.49. The molecule has 9 heteroatoms. The van der Waals surface area contributed by atoms with E-state index in [0.29, 0.717) is 48.4 Å². The van der Waals surface area contributed by atoms with Crippen LogP contribution in [0, 0.1) is 0 Å². The largest absolute Gasteiger partial charge is 0.464 e. The molecule has 1 aliphatic heterocycles. The third kappa shape index (κ3) is 5.52. The van der Waals surface area contributed by atoms with E-state index in [1.54, 1.807) is 24.6 Å². The maximum Gasteiger partial charge on any atom is 0.356 e. The molecule has 1 aliphatic rings. The lowest BCUT2D eigenvalue weighted by Crippen LogP contribution is -2.39. The molecule has 9 nitrogen and oxygen atoms in total. The second-order valence-electron chi connectivity index (χ2n) is 9.71. The van der Waals surface area contributed by atoms with Gasteiger partial charge in [-0.05, 0) is 51.7 Å². The minimum absolute atomic E-state index is 0.231. The number of amides is 1. The number of aromatic nitrogens is 2. The minimum Gasteiger partial charge on any atom is -0.464 e. The molecular formula is C27H34N4O5. The van der Waals surface area contributed by atoms with Gasteiger partial charge in [-0.1, -0.05) is 30.3 Å². The number of ether oxygens (including phenoxy) is 2. The van der Waals surface area contributed by atoms with Crippen molar-refractivity contribution in [3.05, 3.63) is 53.9 Å². The molecule has 1 amide bonds. The normalized spacial score (nSPS) is 16.6. The number of carbonyl (C=O) groups is 2. The van der Waals surface area contributed by atoms with Crippen LogP contribution in [0.3, 0.4) is 0 Å². The Morgan fingerprint density at radius 1 is 1.31 bits per heavy atom. The summed E-state index contributed by atoms with van der Waals surface area (Å²) in [5, 5.41) is 17.2. The predicted molar refractivity (Wildman–Crippen MR) is 138 cm³/mol. The van der Waals surface area contributed by atoms with E-state index in [1.165, 1.54) is 7.11 Å². The summed E-state index contributed by atoms with van der Waals surface area (Å²) in [5.74, 6) is -0.869. The molecular weight excluding hydrogens is 460 g/mol. The van der Waals surface area contributed by atoms with E-state index in [9.17, 15) is 14.7 Å². The summed E-state index contributed by atoms with van der Waals surface area (Å²) in [6, 6.07) is 11.5. The van der Waals surface area contributed by atoms with Crippen LogP contribution >= 0.6 is 0 Å². The fraction of sp³-hybridized carbons (Fsp3) is 0.444. The van der Waals surface area contributed by atoms with E-state index in [-0.39, 0.29) is 17.6 Å². The Kier molecular flexibility index (Phi) is 7.61. The molecule has 2 aromatic heterocycles. The summed E-state index contributed by atoms with van der Waals surface area (Å²) in [4.78, 5) is 30.7. The highest BCUT2D eigenvalue weighted by Crippen LogP contribution is 2.34. The lowest BCUT2D eigenvalue weighted by atomic mass is 10.0. The van der Waals surface area contributed by atoms with Gasteiger partial charge in [0.1, 0.15) is 11.8 Å². The molecule has 3 aromatic rings. The Morgan fingerprint density at radius 2 is 2.06 bits per heavy atom. The van der Waals surface area contributed by atoms with Gasteiger partial charge in [0.25, 0.3) is 5.91 Å². The van der Waals surface area contributed by atoms with E-state index >= 15 is 0 Å². The Balaban J connectivity index is 1.80. The Bertz CT molecular complexity index is 1230. The van der Waals surface area contributed by atoms with Crippen LogP contribution in [0.25, 0.3) is 11.0 Å². The molecule has 0 unspecified atom stereocenters. The van der Waals surface area contributed by atoms with Crippen LogP contribution in [0.15, 0.2) is 42.6 Å². The Hall–Kier alpha value is -3.43. The zero-order valence-corrected chi connectivity index (χ0v) is 21.2. The number of nitrogens with one attached hydrogen (secondary N) is 2. The maximum absolute atomic E-state index is 13.0. The average molecular weight is 495 g/mol. The van der Waals surface area contributed by atoms with Gasteiger partial charge in [-0.2, -0.15) is 0 Å². The molecule has 0 radical (unpaired) electrons. The molecule has 1 aromatic carbocycles. The monoisotopic (exact) mass is 494 g/mol. The van der Waals surface area contributed by atoms with E-state index < -0.39 is 17.7 Å². The number of aryl methyl sites for hydroxylation is 2. The zero-order valence-electron chi connectivity index (χ0n) is 21.2. The molecule has 36 heavy (non-hydrogen) atoms. The summed E-state index contributed by atoms with van der Waals surface area (Å²) < 4.78 is 12.5. The van der Waals surface area contributed by atoms with Gasteiger partial charge in [0.05, 0.1) is 36.3 Å². The molecule has 3 heterocycles. The fourth-order valence-electron chi connectivity index (χ4n) is 4.26. The summed E-state index contributed by atoms with van der Waals surface area (Å²) in [7, 11) is 1.32. The van der Waals surface area contributed by atoms with Gasteiger partial charge in [-0.25, -0.2) is 9.78 Å². The third-order valence-corrected chi connectivity index (χ3v) is 6.66. The number of methoxy groups -OCH3 is 1. The first kappa shape index (κ1) is 25.7. The molecule has 2 atom stereocenters. The molecule has 1 fully saturated rings. The lowest BCUT2D eigenvalue weighted by Gasteiger charge is -2.27. The van der Waals surface area contributed by atoms with Crippen molar-refractivity contribution in [3.63, 3.8) is 0 Å². The standard InChI is InChI=1S/C27H34N4O5/c1-17(27(2,3)34)29-19-15-20-22(30-25(32)21-11-8-14-36-21)23(26(33)35-4)31(24(20)28-16-19)13-12-18-9-6-5-7-10-18/h5-7,9-10,15-17,21,29,34H,8,11-14H2,1-4H3,(H,30,32)/t17-,21+/m0/s1. The smallest absolute Gasteiger partial charge is 0.356 e. The number of benzene rings is 1. The molecule has 0 aliphatic carbocycles. The van der Waals surface area contributed by atoms with Crippen LogP contribution in [0.2, 0.25) is 0 Å². The van der Waals surface area contributed by atoms with Crippen LogP contribution in [0.4, 0.5) is 11.4 Å². The van der Waals surface area contributed by atoms with Gasteiger partial charge in [-0.3, -0.25) is 4.79 Å². The number of pyridine rings is 1. The number of anilines is 2. The third-order valence-electron chi connectivity index (χ3n) is 6.66. The van der Waals surface area contributed by atoms with E-state index in [2.05, 4.69) is 15.6 Å². The second-order valence-corrected chi connectivity index (χ2v) is 9.71. The van der Waals surface area contributed by atoms with Gasteiger partial charge in [0.2, 0.25) is 0 Å². The quantitative estimate of drug-likeness (QED) is 0.388. The van der Waals surface area contributed by atoms with Crippen molar-refractivity contribution in [2.24, 2.45) is 0 Å². The summed E-state index contributed by atoms with van der Waals surface area (Å²) >= 11 is 0. The number of rotatable bonds is 9. The molecule has 0 saturated carbocycles. The molecule has 3 N–H and O–H groups in total. The van der Waals surface area contributed by atoms with Crippen molar-refractivity contribution in [3.8, 4) is 0 Å². The number of hydrogen-bond donors (Lipinski definition) is 3. The molecule has 0 bridgehead atoms. The van der Waals surface area contributed by atoms with Crippen LogP contribution in [-0.4, -0.2) is 58.0 Å². The van der Waals surface area contributed by atoms with Crippen molar-refractivity contribution < 1.29 is 24.2 Å². The van der Waals surface area contributed by atoms with E-state index in [1.807, 2.05) is 43.3 Å².